The SMILES string of the molecule is CC1(Br)CCCC2CC(C2)C([N+](=O)[O-])=NC1. The molecule has 0 spiro atoms. The Morgan fingerprint density at radius 1 is 1.56 bits per heavy atom. The first kappa shape index (κ1) is 12.0. The highest BCUT2D eigenvalue weighted by molar-refractivity contribution is 9.10. The first-order chi connectivity index (χ1) is 7.48. The third kappa shape index (κ3) is 2.62. The number of nitro groups is 1. The number of alkyl halides is 1. The molecule has 0 aromatic heterocycles. The summed E-state index contributed by atoms with van der Waals surface area (Å²) >= 11 is 3.62. The molecule has 1 saturated carbocycles. The Bertz CT molecular complexity index is 322. The number of amidine groups is 1. The molecule has 1 unspecified atom stereocenters. The maximum atomic E-state index is 10.9. The number of hydrogen-bond donors (Lipinski definition) is 0. The van der Waals surface area contributed by atoms with Crippen LogP contribution in [0.15, 0.2) is 4.99 Å². The van der Waals surface area contributed by atoms with Gasteiger partial charge in [-0.15, -0.1) is 0 Å². The van der Waals surface area contributed by atoms with Gasteiger partial charge in [0.1, 0.15) is 6.54 Å². The van der Waals surface area contributed by atoms with E-state index in [1.54, 1.807) is 0 Å². The summed E-state index contributed by atoms with van der Waals surface area (Å²) in [7, 11) is 0. The Morgan fingerprint density at radius 3 is 2.88 bits per heavy atom. The van der Waals surface area contributed by atoms with Crippen molar-refractivity contribution in [1.29, 1.82) is 0 Å². The molecule has 3 rings (SSSR count). The minimum atomic E-state index is -0.286. The van der Waals surface area contributed by atoms with E-state index in [4.69, 9.17) is 0 Å². The first-order valence-electron chi connectivity index (χ1n) is 5.85. The molecule has 1 atom stereocenters. The third-order valence-corrected chi connectivity index (χ3v) is 4.32. The maximum Gasteiger partial charge on any atom is 0.336 e. The van der Waals surface area contributed by atoms with Gasteiger partial charge in [-0.2, -0.15) is 0 Å². The van der Waals surface area contributed by atoms with Gasteiger partial charge in [0, 0.05) is 0 Å². The summed E-state index contributed by atoms with van der Waals surface area (Å²) in [6.07, 6.45) is 5.39. The van der Waals surface area contributed by atoms with E-state index in [1.165, 1.54) is 12.8 Å². The van der Waals surface area contributed by atoms with E-state index >= 15 is 0 Å². The highest BCUT2D eigenvalue weighted by Gasteiger charge is 2.40. The lowest BCUT2D eigenvalue weighted by Crippen LogP contribution is -2.37. The van der Waals surface area contributed by atoms with Crippen molar-refractivity contribution in [3.8, 4) is 0 Å². The average molecular weight is 289 g/mol. The van der Waals surface area contributed by atoms with Crippen molar-refractivity contribution in [2.75, 3.05) is 6.54 Å². The molecule has 2 bridgehead atoms. The Balaban J connectivity index is 2.15. The smallest absolute Gasteiger partial charge is 0.336 e. The van der Waals surface area contributed by atoms with Crippen LogP contribution in [-0.4, -0.2) is 21.6 Å². The van der Waals surface area contributed by atoms with Gasteiger partial charge < -0.3 is 10.1 Å². The lowest BCUT2D eigenvalue weighted by atomic mass is 9.71. The van der Waals surface area contributed by atoms with Crippen LogP contribution in [0.5, 0.6) is 0 Å². The summed E-state index contributed by atoms with van der Waals surface area (Å²) in [5, 5.41) is 10.9. The second-order valence-electron chi connectivity index (χ2n) is 5.27. The standard InChI is InChI=1S/C11H17BrN2O2/c1-11(12)4-2-3-8-5-9(6-8)10(13-7-11)14(15)16/h8-9H,2-7H2,1H3. The predicted octanol–water partition coefficient (Wildman–Crippen LogP) is 3.03. The van der Waals surface area contributed by atoms with Crippen molar-refractivity contribution in [3.63, 3.8) is 0 Å². The Morgan fingerprint density at radius 2 is 2.25 bits per heavy atom. The molecule has 16 heavy (non-hydrogen) atoms. The van der Waals surface area contributed by atoms with E-state index in [2.05, 4.69) is 27.8 Å². The molecule has 1 fully saturated rings. The average Bonchev–Trinajstić information content (AvgIpc) is 2.12. The predicted molar refractivity (Wildman–Crippen MR) is 66.7 cm³/mol. The van der Waals surface area contributed by atoms with E-state index < -0.39 is 0 Å². The Labute approximate surface area is 104 Å². The van der Waals surface area contributed by atoms with E-state index in [0.717, 1.165) is 19.3 Å². The van der Waals surface area contributed by atoms with Crippen molar-refractivity contribution in [3.05, 3.63) is 10.1 Å². The van der Waals surface area contributed by atoms with Crippen molar-refractivity contribution in [2.24, 2.45) is 16.8 Å². The maximum absolute atomic E-state index is 10.9. The minimum Gasteiger partial charge on any atom is -0.358 e. The quantitative estimate of drug-likeness (QED) is 0.391. The molecule has 1 aliphatic carbocycles. The number of aliphatic imine (C=N–C) groups is 1. The molecule has 0 amide bonds. The Kier molecular flexibility index (Phi) is 3.33. The molecule has 0 aromatic rings. The van der Waals surface area contributed by atoms with Crippen molar-refractivity contribution in [2.45, 2.75) is 43.4 Å². The van der Waals surface area contributed by atoms with Crippen LogP contribution in [0, 0.1) is 22.0 Å². The molecule has 5 heteroatoms. The summed E-state index contributed by atoms with van der Waals surface area (Å²) < 4.78 is -0.0714. The van der Waals surface area contributed by atoms with Gasteiger partial charge in [-0.25, -0.2) is 0 Å². The molecule has 3 aliphatic rings. The van der Waals surface area contributed by atoms with Crippen molar-refractivity contribution >= 4 is 21.8 Å². The summed E-state index contributed by atoms with van der Waals surface area (Å²) in [5.41, 5.74) is 0. The molecule has 4 nitrogen and oxygen atoms in total. The third-order valence-electron chi connectivity index (χ3n) is 3.67. The molecule has 2 aliphatic heterocycles. The molecule has 0 saturated heterocycles. The topological polar surface area (TPSA) is 55.5 Å². The van der Waals surface area contributed by atoms with Gasteiger partial charge in [0.05, 0.1) is 10.2 Å². The molecule has 0 N–H and O–H groups in total. The van der Waals surface area contributed by atoms with Gasteiger partial charge in [-0.1, -0.05) is 33.8 Å². The molecule has 90 valence electrons. The fourth-order valence-electron chi connectivity index (χ4n) is 2.60. The summed E-state index contributed by atoms with van der Waals surface area (Å²) in [6, 6.07) is 0. The lowest BCUT2D eigenvalue weighted by Gasteiger charge is -2.34. The van der Waals surface area contributed by atoms with Gasteiger partial charge in [0.15, 0.2) is 0 Å². The number of fused-ring (bicyclic) bond motifs is 5. The van der Waals surface area contributed by atoms with Crippen LogP contribution >= 0.6 is 15.9 Å². The number of rotatable bonds is 0. The molecule has 2 heterocycles. The highest BCUT2D eigenvalue weighted by atomic mass is 79.9. The van der Waals surface area contributed by atoms with Crippen molar-refractivity contribution < 1.29 is 4.92 Å². The van der Waals surface area contributed by atoms with Crippen LogP contribution in [0.25, 0.3) is 0 Å². The highest BCUT2D eigenvalue weighted by Crippen LogP contribution is 2.40. The molecule has 0 aromatic carbocycles. The summed E-state index contributed by atoms with van der Waals surface area (Å²) in [6.45, 7) is 2.59. The Hall–Kier alpha value is -0.450. The monoisotopic (exact) mass is 288 g/mol. The second-order valence-corrected chi connectivity index (χ2v) is 7.19. The van der Waals surface area contributed by atoms with Crippen molar-refractivity contribution in [1.82, 2.24) is 0 Å². The van der Waals surface area contributed by atoms with Gasteiger partial charge in [-0.05, 0) is 37.0 Å². The van der Waals surface area contributed by atoms with E-state index in [0.29, 0.717) is 12.5 Å². The fraction of sp³-hybridized carbons (Fsp3) is 0.909. The first-order valence-corrected chi connectivity index (χ1v) is 6.65. The minimum absolute atomic E-state index is 0.0714. The number of halogens is 1. The zero-order valence-electron chi connectivity index (χ0n) is 9.49. The second kappa shape index (κ2) is 4.43. The van der Waals surface area contributed by atoms with Crippen LogP contribution in [0.4, 0.5) is 0 Å². The van der Waals surface area contributed by atoms with Gasteiger partial charge >= 0.3 is 5.84 Å². The van der Waals surface area contributed by atoms with Crippen LogP contribution in [0.1, 0.15) is 39.0 Å². The zero-order chi connectivity index (χ0) is 11.8. The van der Waals surface area contributed by atoms with Crippen LogP contribution in [-0.2, 0) is 0 Å². The summed E-state index contributed by atoms with van der Waals surface area (Å²) in [5.74, 6) is 1.02. The number of hydrogen-bond acceptors (Lipinski definition) is 3. The van der Waals surface area contributed by atoms with Crippen LogP contribution < -0.4 is 0 Å². The largest absolute Gasteiger partial charge is 0.358 e. The molecule has 0 radical (unpaired) electrons. The van der Waals surface area contributed by atoms with Gasteiger partial charge in [0.25, 0.3) is 0 Å². The normalized spacial score (nSPS) is 39.5. The number of nitrogens with zero attached hydrogens (tertiary/aromatic N) is 2. The van der Waals surface area contributed by atoms with E-state index in [1.807, 2.05) is 0 Å². The van der Waals surface area contributed by atoms with Crippen LogP contribution in [0.2, 0.25) is 0 Å². The van der Waals surface area contributed by atoms with Crippen LogP contribution in [0.3, 0.4) is 0 Å². The van der Waals surface area contributed by atoms with Gasteiger partial charge in [0.2, 0.25) is 0 Å². The van der Waals surface area contributed by atoms with E-state index in [9.17, 15) is 10.1 Å². The molecular formula is C11H17BrN2O2. The summed E-state index contributed by atoms with van der Waals surface area (Å²) in [4.78, 5) is 14.9. The lowest BCUT2D eigenvalue weighted by molar-refractivity contribution is -0.359. The van der Waals surface area contributed by atoms with Gasteiger partial charge in [-0.3, -0.25) is 0 Å². The molecular weight excluding hydrogens is 272 g/mol. The fourth-order valence-corrected chi connectivity index (χ4v) is 3.01. The van der Waals surface area contributed by atoms with E-state index in [-0.39, 0.29) is 21.0 Å². The zero-order valence-corrected chi connectivity index (χ0v) is 11.1.